The molecule has 0 saturated carbocycles. The van der Waals surface area contributed by atoms with E-state index in [4.69, 9.17) is 10.5 Å². The van der Waals surface area contributed by atoms with Crippen molar-refractivity contribution in [2.24, 2.45) is 5.73 Å². The summed E-state index contributed by atoms with van der Waals surface area (Å²) >= 11 is 0. The molecule has 0 aliphatic carbocycles. The van der Waals surface area contributed by atoms with Gasteiger partial charge in [0.15, 0.2) is 0 Å². The molecule has 1 amide bonds. The average molecular weight is 340 g/mol. The van der Waals surface area contributed by atoms with Gasteiger partial charge in [0.2, 0.25) is 11.8 Å². The van der Waals surface area contributed by atoms with E-state index in [1.165, 1.54) is 7.11 Å². The number of carbonyl (C=O) groups excluding carboxylic acids is 1. The minimum atomic E-state index is -0.391. The third kappa shape index (κ3) is 3.40. The van der Waals surface area contributed by atoms with Crippen molar-refractivity contribution in [1.29, 1.82) is 5.26 Å². The minimum absolute atomic E-state index is 0.123. The van der Waals surface area contributed by atoms with Crippen molar-refractivity contribution in [3.8, 4) is 11.9 Å². The molecule has 2 aromatic heterocycles. The van der Waals surface area contributed by atoms with Crippen LogP contribution >= 0.6 is 0 Å². The second-order valence-corrected chi connectivity index (χ2v) is 5.99. The van der Waals surface area contributed by atoms with Crippen molar-refractivity contribution in [2.75, 3.05) is 25.1 Å². The van der Waals surface area contributed by atoms with E-state index < -0.39 is 5.91 Å². The van der Waals surface area contributed by atoms with Gasteiger partial charge in [0.1, 0.15) is 24.0 Å². The standard InChI is InChI=1S/C17H20N6O2/c1-25-17-13(9-18)14(4-5-21-17)22-7-2-3-12(10-22)16-20-6-8-23(16)11-15(19)24/h4-6,8,12H,2-3,7,10-11H2,1H3,(H2,19,24). The van der Waals surface area contributed by atoms with Crippen LogP contribution in [0.5, 0.6) is 5.88 Å². The number of anilines is 1. The fourth-order valence-electron chi connectivity index (χ4n) is 3.35. The molecule has 0 radical (unpaired) electrons. The molecule has 130 valence electrons. The van der Waals surface area contributed by atoms with Gasteiger partial charge in [-0.15, -0.1) is 0 Å². The summed E-state index contributed by atoms with van der Waals surface area (Å²) in [6, 6.07) is 4.02. The van der Waals surface area contributed by atoms with Crippen LogP contribution < -0.4 is 15.4 Å². The number of methoxy groups -OCH3 is 1. The third-order valence-electron chi connectivity index (χ3n) is 4.40. The molecule has 2 N–H and O–H groups in total. The number of imidazole rings is 1. The number of piperidine rings is 1. The summed E-state index contributed by atoms with van der Waals surface area (Å²) in [5.74, 6) is 0.951. The number of primary amides is 1. The van der Waals surface area contributed by atoms with Crippen molar-refractivity contribution in [3.63, 3.8) is 0 Å². The van der Waals surface area contributed by atoms with Crippen LogP contribution in [0.3, 0.4) is 0 Å². The topological polar surface area (TPSA) is 110 Å². The number of rotatable bonds is 5. The SMILES string of the molecule is COc1nccc(N2CCCC(c3nccn3CC(N)=O)C2)c1C#N. The summed E-state index contributed by atoms with van der Waals surface area (Å²) in [4.78, 5) is 21.9. The highest BCUT2D eigenvalue weighted by molar-refractivity contribution is 5.73. The summed E-state index contributed by atoms with van der Waals surface area (Å²) in [7, 11) is 1.51. The minimum Gasteiger partial charge on any atom is -0.480 e. The van der Waals surface area contributed by atoms with Crippen LogP contribution in [0.2, 0.25) is 0 Å². The molecular weight excluding hydrogens is 320 g/mol. The zero-order valence-corrected chi connectivity index (χ0v) is 14.1. The van der Waals surface area contributed by atoms with Gasteiger partial charge < -0.3 is 19.9 Å². The Morgan fingerprint density at radius 2 is 2.32 bits per heavy atom. The Hall–Kier alpha value is -3.08. The largest absolute Gasteiger partial charge is 0.480 e. The summed E-state index contributed by atoms with van der Waals surface area (Å²) in [6.45, 7) is 1.67. The molecule has 1 aliphatic rings. The first-order chi connectivity index (χ1) is 12.1. The number of amides is 1. The lowest BCUT2D eigenvalue weighted by Crippen LogP contribution is -2.36. The fraction of sp³-hybridized carbons (Fsp3) is 0.412. The second kappa shape index (κ2) is 7.21. The van der Waals surface area contributed by atoms with E-state index in [0.717, 1.165) is 30.9 Å². The quantitative estimate of drug-likeness (QED) is 0.870. The van der Waals surface area contributed by atoms with Gasteiger partial charge in [-0.3, -0.25) is 4.79 Å². The molecule has 1 unspecified atom stereocenters. The monoisotopic (exact) mass is 340 g/mol. The molecule has 3 rings (SSSR count). The number of nitrogens with zero attached hydrogens (tertiary/aromatic N) is 5. The molecule has 0 bridgehead atoms. The number of aromatic nitrogens is 3. The highest BCUT2D eigenvalue weighted by Crippen LogP contribution is 2.33. The maximum atomic E-state index is 11.2. The average Bonchev–Trinajstić information content (AvgIpc) is 3.08. The molecule has 1 aliphatic heterocycles. The third-order valence-corrected chi connectivity index (χ3v) is 4.40. The molecule has 8 heteroatoms. The lowest BCUT2D eigenvalue weighted by Gasteiger charge is -2.34. The summed E-state index contributed by atoms with van der Waals surface area (Å²) < 4.78 is 7.00. The van der Waals surface area contributed by atoms with Crippen LogP contribution in [0.15, 0.2) is 24.7 Å². The van der Waals surface area contributed by atoms with E-state index in [2.05, 4.69) is 20.9 Å². The number of nitrogens with two attached hydrogens (primary N) is 1. The van der Waals surface area contributed by atoms with Gasteiger partial charge >= 0.3 is 0 Å². The van der Waals surface area contributed by atoms with E-state index in [0.29, 0.717) is 18.0 Å². The van der Waals surface area contributed by atoms with E-state index in [1.807, 2.05) is 6.07 Å². The number of hydrogen-bond acceptors (Lipinski definition) is 6. The van der Waals surface area contributed by atoms with Gasteiger partial charge in [0, 0.05) is 37.6 Å². The van der Waals surface area contributed by atoms with Crippen molar-refractivity contribution in [2.45, 2.75) is 25.3 Å². The molecule has 25 heavy (non-hydrogen) atoms. The lowest BCUT2D eigenvalue weighted by molar-refractivity contribution is -0.118. The van der Waals surface area contributed by atoms with Crippen LogP contribution in [0.1, 0.15) is 30.1 Å². The van der Waals surface area contributed by atoms with Gasteiger partial charge in [0.05, 0.1) is 12.8 Å². The maximum absolute atomic E-state index is 11.2. The lowest BCUT2D eigenvalue weighted by atomic mass is 9.96. The van der Waals surface area contributed by atoms with Crippen molar-refractivity contribution >= 4 is 11.6 Å². The molecule has 8 nitrogen and oxygen atoms in total. The van der Waals surface area contributed by atoms with E-state index in [-0.39, 0.29) is 12.5 Å². The Morgan fingerprint density at radius 3 is 3.04 bits per heavy atom. The van der Waals surface area contributed by atoms with Crippen LogP contribution in [0, 0.1) is 11.3 Å². The molecule has 0 spiro atoms. The van der Waals surface area contributed by atoms with Gasteiger partial charge in [-0.05, 0) is 18.9 Å². The van der Waals surface area contributed by atoms with Gasteiger partial charge in [-0.2, -0.15) is 5.26 Å². The summed E-state index contributed by atoms with van der Waals surface area (Å²) in [5, 5.41) is 9.49. The molecular formula is C17H20N6O2. The Labute approximate surface area is 145 Å². The molecule has 1 atom stereocenters. The number of carbonyl (C=O) groups is 1. The Balaban J connectivity index is 1.87. The number of pyridine rings is 1. The molecule has 0 aromatic carbocycles. The smallest absolute Gasteiger partial charge is 0.237 e. The highest BCUT2D eigenvalue weighted by Gasteiger charge is 2.27. The number of hydrogen-bond donors (Lipinski definition) is 1. The first-order valence-electron chi connectivity index (χ1n) is 8.11. The van der Waals surface area contributed by atoms with E-state index >= 15 is 0 Å². The zero-order chi connectivity index (χ0) is 17.8. The number of ether oxygens (including phenoxy) is 1. The Kier molecular flexibility index (Phi) is 4.84. The van der Waals surface area contributed by atoms with Crippen molar-refractivity contribution in [1.82, 2.24) is 14.5 Å². The summed E-state index contributed by atoms with van der Waals surface area (Å²) in [5.41, 5.74) is 6.56. The van der Waals surface area contributed by atoms with Crippen molar-refractivity contribution < 1.29 is 9.53 Å². The van der Waals surface area contributed by atoms with Gasteiger partial charge in [-0.1, -0.05) is 0 Å². The predicted molar refractivity (Wildman–Crippen MR) is 91.1 cm³/mol. The number of nitriles is 1. The van der Waals surface area contributed by atoms with Crippen molar-refractivity contribution in [3.05, 3.63) is 36.0 Å². The Bertz CT molecular complexity index is 810. The Morgan fingerprint density at radius 1 is 1.48 bits per heavy atom. The maximum Gasteiger partial charge on any atom is 0.237 e. The fourth-order valence-corrected chi connectivity index (χ4v) is 3.35. The normalized spacial score (nSPS) is 17.1. The van der Waals surface area contributed by atoms with E-state index in [1.54, 1.807) is 23.2 Å². The molecule has 2 aromatic rings. The van der Waals surface area contributed by atoms with Crippen LogP contribution in [0.25, 0.3) is 0 Å². The zero-order valence-electron chi connectivity index (χ0n) is 14.1. The summed E-state index contributed by atoms with van der Waals surface area (Å²) in [6.07, 6.45) is 7.04. The van der Waals surface area contributed by atoms with Crippen LogP contribution in [0.4, 0.5) is 5.69 Å². The molecule has 3 heterocycles. The van der Waals surface area contributed by atoms with Gasteiger partial charge in [0.25, 0.3) is 0 Å². The highest BCUT2D eigenvalue weighted by atomic mass is 16.5. The first kappa shape index (κ1) is 16.8. The predicted octanol–water partition coefficient (Wildman–Crippen LogP) is 1.03. The molecule has 1 saturated heterocycles. The van der Waals surface area contributed by atoms with E-state index in [9.17, 15) is 10.1 Å². The van der Waals surface area contributed by atoms with Gasteiger partial charge in [-0.25, -0.2) is 9.97 Å². The molecule has 1 fully saturated rings. The van der Waals surface area contributed by atoms with Crippen LogP contribution in [-0.4, -0.2) is 40.6 Å². The van der Waals surface area contributed by atoms with Crippen LogP contribution in [-0.2, 0) is 11.3 Å². The second-order valence-electron chi connectivity index (χ2n) is 5.99. The first-order valence-corrected chi connectivity index (χ1v) is 8.11.